The van der Waals surface area contributed by atoms with Crippen molar-refractivity contribution in [3.05, 3.63) is 48.0 Å². The number of hydrogen-bond acceptors (Lipinski definition) is 4. The Labute approximate surface area is 112 Å². The molecule has 5 heteroatoms. The van der Waals surface area contributed by atoms with Crippen LogP contribution in [0.25, 0.3) is 0 Å². The standard InChI is InChI=1S/C14H18N4O/c15-12-3-1-11(2-4-12)13(19)9-17-7-8-18-6-5-16-14(18)10-17/h1-6,13,19H,7-10,15H2. The van der Waals surface area contributed by atoms with E-state index in [1.54, 1.807) is 0 Å². The summed E-state index contributed by atoms with van der Waals surface area (Å²) in [6.45, 7) is 3.29. The van der Waals surface area contributed by atoms with E-state index in [-0.39, 0.29) is 0 Å². The number of hydrogen-bond donors (Lipinski definition) is 2. The molecule has 19 heavy (non-hydrogen) atoms. The van der Waals surface area contributed by atoms with E-state index in [1.807, 2.05) is 36.7 Å². The maximum atomic E-state index is 10.3. The van der Waals surface area contributed by atoms with E-state index in [0.29, 0.717) is 6.54 Å². The van der Waals surface area contributed by atoms with Gasteiger partial charge >= 0.3 is 0 Å². The molecule has 0 aliphatic carbocycles. The van der Waals surface area contributed by atoms with E-state index in [1.165, 1.54) is 0 Å². The van der Waals surface area contributed by atoms with Crippen molar-refractivity contribution in [3.63, 3.8) is 0 Å². The van der Waals surface area contributed by atoms with Crippen LogP contribution in [0.4, 0.5) is 5.69 Å². The van der Waals surface area contributed by atoms with Crippen molar-refractivity contribution in [2.24, 2.45) is 0 Å². The summed E-state index contributed by atoms with van der Waals surface area (Å²) in [6, 6.07) is 7.40. The third-order valence-corrected chi connectivity index (χ3v) is 3.58. The molecule has 3 rings (SSSR count). The molecule has 1 atom stereocenters. The maximum absolute atomic E-state index is 10.3. The predicted octanol–water partition coefficient (Wildman–Crippen LogP) is 1.01. The molecule has 0 saturated carbocycles. The molecule has 0 radical (unpaired) electrons. The first kappa shape index (κ1) is 12.2. The minimum atomic E-state index is -0.484. The first-order chi connectivity index (χ1) is 9.22. The van der Waals surface area contributed by atoms with Crippen molar-refractivity contribution in [2.75, 3.05) is 18.8 Å². The van der Waals surface area contributed by atoms with Crippen molar-refractivity contribution in [3.8, 4) is 0 Å². The second kappa shape index (κ2) is 5.03. The highest BCUT2D eigenvalue weighted by Crippen LogP contribution is 2.18. The van der Waals surface area contributed by atoms with E-state index in [2.05, 4.69) is 14.5 Å². The summed E-state index contributed by atoms with van der Waals surface area (Å²) in [5.74, 6) is 1.07. The summed E-state index contributed by atoms with van der Waals surface area (Å²) in [7, 11) is 0. The fourth-order valence-electron chi connectivity index (χ4n) is 2.45. The number of rotatable bonds is 3. The fourth-order valence-corrected chi connectivity index (χ4v) is 2.45. The number of aromatic nitrogens is 2. The van der Waals surface area contributed by atoms with Crippen LogP contribution in [0.1, 0.15) is 17.5 Å². The number of imidazole rings is 1. The van der Waals surface area contributed by atoms with Crippen LogP contribution in [-0.2, 0) is 13.1 Å². The molecule has 2 heterocycles. The average Bonchev–Trinajstić information content (AvgIpc) is 2.87. The van der Waals surface area contributed by atoms with Crippen molar-refractivity contribution < 1.29 is 5.11 Å². The predicted molar refractivity (Wildman–Crippen MR) is 73.3 cm³/mol. The van der Waals surface area contributed by atoms with Crippen LogP contribution < -0.4 is 5.73 Å². The summed E-state index contributed by atoms with van der Waals surface area (Å²) in [5, 5.41) is 10.3. The lowest BCUT2D eigenvalue weighted by atomic mass is 10.1. The second-order valence-electron chi connectivity index (χ2n) is 4.95. The van der Waals surface area contributed by atoms with Crippen molar-refractivity contribution >= 4 is 5.69 Å². The number of aliphatic hydroxyl groups is 1. The molecule has 1 aliphatic heterocycles. The van der Waals surface area contributed by atoms with Crippen LogP contribution in [0.15, 0.2) is 36.7 Å². The minimum Gasteiger partial charge on any atom is -0.399 e. The van der Waals surface area contributed by atoms with Crippen molar-refractivity contribution in [2.45, 2.75) is 19.2 Å². The van der Waals surface area contributed by atoms with Gasteiger partial charge in [0.05, 0.1) is 12.6 Å². The van der Waals surface area contributed by atoms with Crippen molar-refractivity contribution in [1.29, 1.82) is 0 Å². The van der Waals surface area contributed by atoms with E-state index < -0.39 is 6.10 Å². The third kappa shape index (κ3) is 2.62. The first-order valence-electron chi connectivity index (χ1n) is 6.48. The number of nitrogens with zero attached hydrogens (tertiary/aromatic N) is 3. The van der Waals surface area contributed by atoms with Gasteiger partial charge in [-0.25, -0.2) is 4.98 Å². The first-order valence-corrected chi connectivity index (χ1v) is 6.48. The number of fused-ring (bicyclic) bond motifs is 1. The van der Waals surface area contributed by atoms with Gasteiger partial charge in [-0.15, -0.1) is 0 Å². The van der Waals surface area contributed by atoms with Gasteiger partial charge in [-0.1, -0.05) is 12.1 Å². The van der Waals surface area contributed by atoms with E-state index in [4.69, 9.17) is 5.73 Å². The fraction of sp³-hybridized carbons (Fsp3) is 0.357. The topological polar surface area (TPSA) is 67.3 Å². The lowest BCUT2D eigenvalue weighted by Gasteiger charge is -2.29. The van der Waals surface area contributed by atoms with Crippen LogP contribution in [0.5, 0.6) is 0 Å². The number of aliphatic hydroxyl groups excluding tert-OH is 1. The smallest absolute Gasteiger partial charge is 0.122 e. The van der Waals surface area contributed by atoms with Gasteiger partial charge in [0.2, 0.25) is 0 Å². The molecule has 1 aromatic heterocycles. The monoisotopic (exact) mass is 258 g/mol. The van der Waals surface area contributed by atoms with E-state index >= 15 is 0 Å². The lowest BCUT2D eigenvalue weighted by molar-refractivity contribution is 0.0963. The number of nitrogens with two attached hydrogens (primary N) is 1. The highest BCUT2D eigenvalue weighted by atomic mass is 16.3. The highest BCUT2D eigenvalue weighted by molar-refractivity contribution is 5.39. The summed E-state index contributed by atoms with van der Waals surface area (Å²) < 4.78 is 2.16. The quantitative estimate of drug-likeness (QED) is 0.806. The molecule has 1 unspecified atom stereocenters. The van der Waals surface area contributed by atoms with Crippen LogP contribution >= 0.6 is 0 Å². The number of β-amino-alcohol motifs (C(OH)–C–C–N with tert-alkyl or cyclic N) is 1. The van der Waals surface area contributed by atoms with Crippen LogP contribution in [0, 0.1) is 0 Å². The molecule has 1 aromatic carbocycles. The molecule has 2 aromatic rings. The van der Waals surface area contributed by atoms with Gasteiger partial charge in [-0.3, -0.25) is 4.90 Å². The van der Waals surface area contributed by atoms with Gasteiger partial charge in [0.25, 0.3) is 0 Å². The molecule has 3 N–H and O–H groups in total. The minimum absolute atomic E-state index is 0.484. The molecule has 5 nitrogen and oxygen atoms in total. The second-order valence-corrected chi connectivity index (χ2v) is 4.95. The Hall–Kier alpha value is -1.85. The summed E-state index contributed by atoms with van der Waals surface area (Å²) in [6.07, 6.45) is 3.35. The molecular formula is C14H18N4O. The largest absolute Gasteiger partial charge is 0.399 e. The van der Waals surface area contributed by atoms with Gasteiger partial charge in [0.15, 0.2) is 0 Å². The molecule has 0 saturated heterocycles. The van der Waals surface area contributed by atoms with E-state index in [0.717, 1.165) is 36.7 Å². The summed E-state index contributed by atoms with van der Waals surface area (Å²) in [5.41, 5.74) is 7.27. The lowest BCUT2D eigenvalue weighted by Crippen LogP contribution is -2.36. The molecule has 0 bridgehead atoms. The Morgan fingerprint density at radius 2 is 2.05 bits per heavy atom. The van der Waals surface area contributed by atoms with Gasteiger partial charge in [-0.05, 0) is 17.7 Å². The zero-order chi connectivity index (χ0) is 13.2. The van der Waals surface area contributed by atoms with Gasteiger partial charge in [0.1, 0.15) is 5.82 Å². The third-order valence-electron chi connectivity index (χ3n) is 3.58. The van der Waals surface area contributed by atoms with Crippen LogP contribution in [0.2, 0.25) is 0 Å². The molecule has 0 fully saturated rings. The summed E-state index contributed by atoms with van der Waals surface area (Å²) in [4.78, 5) is 6.55. The van der Waals surface area contributed by atoms with Crippen LogP contribution in [-0.4, -0.2) is 32.6 Å². The maximum Gasteiger partial charge on any atom is 0.122 e. The highest BCUT2D eigenvalue weighted by Gasteiger charge is 2.19. The molecule has 0 amide bonds. The molecule has 0 spiro atoms. The Morgan fingerprint density at radius 3 is 2.84 bits per heavy atom. The molecular weight excluding hydrogens is 240 g/mol. The van der Waals surface area contributed by atoms with E-state index in [9.17, 15) is 5.11 Å². The number of nitrogen functional groups attached to an aromatic ring is 1. The van der Waals surface area contributed by atoms with Crippen molar-refractivity contribution in [1.82, 2.24) is 14.5 Å². The van der Waals surface area contributed by atoms with Gasteiger partial charge < -0.3 is 15.4 Å². The normalized spacial score (nSPS) is 17.1. The number of benzene rings is 1. The Morgan fingerprint density at radius 1 is 1.26 bits per heavy atom. The molecule has 100 valence electrons. The zero-order valence-corrected chi connectivity index (χ0v) is 10.7. The summed E-state index contributed by atoms with van der Waals surface area (Å²) >= 11 is 0. The Balaban J connectivity index is 1.64. The average molecular weight is 258 g/mol. The SMILES string of the molecule is Nc1ccc(C(O)CN2CCn3ccnc3C2)cc1. The van der Waals surface area contributed by atoms with Crippen LogP contribution in [0.3, 0.4) is 0 Å². The Bertz CT molecular complexity index is 549. The zero-order valence-electron chi connectivity index (χ0n) is 10.7. The van der Waals surface area contributed by atoms with Gasteiger partial charge in [0, 0.05) is 37.7 Å². The number of anilines is 1. The Kier molecular flexibility index (Phi) is 3.23. The molecule has 1 aliphatic rings. The van der Waals surface area contributed by atoms with Gasteiger partial charge in [-0.2, -0.15) is 0 Å².